The van der Waals surface area contributed by atoms with E-state index in [2.05, 4.69) is 4.98 Å². The number of carbonyl (C=O) groups is 2. The van der Waals surface area contributed by atoms with E-state index in [1.54, 1.807) is 40.1 Å². The third kappa shape index (κ3) is 7.10. The molecular formula is C16H25N3O4. The van der Waals surface area contributed by atoms with Crippen LogP contribution in [0.2, 0.25) is 0 Å². The molecule has 1 aromatic rings. The number of carboxylic acid groups (broad SMARTS) is 1. The van der Waals surface area contributed by atoms with Gasteiger partial charge >= 0.3 is 12.1 Å². The summed E-state index contributed by atoms with van der Waals surface area (Å²) in [5.74, 6) is -0.414. The van der Waals surface area contributed by atoms with Gasteiger partial charge < -0.3 is 15.6 Å². The predicted octanol–water partition coefficient (Wildman–Crippen LogP) is 2.19. The first kappa shape index (κ1) is 18.9. The molecule has 0 aliphatic rings. The van der Waals surface area contributed by atoms with Crippen LogP contribution in [0.1, 0.15) is 39.2 Å². The van der Waals surface area contributed by atoms with Gasteiger partial charge in [-0.2, -0.15) is 0 Å². The number of hydrogen-bond acceptors (Lipinski definition) is 5. The first-order valence-corrected chi connectivity index (χ1v) is 7.47. The number of nitrogens with zero attached hydrogens (tertiary/aromatic N) is 2. The Morgan fingerprint density at radius 3 is 2.52 bits per heavy atom. The second-order valence-electron chi connectivity index (χ2n) is 6.46. The van der Waals surface area contributed by atoms with Crippen molar-refractivity contribution in [3.8, 4) is 0 Å². The van der Waals surface area contributed by atoms with Gasteiger partial charge in [-0.3, -0.25) is 9.69 Å². The number of rotatable bonds is 6. The fraction of sp³-hybridized carbons (Fsp3) is 0.562. The van der Waals surface area contributed by atoms with Gasteiger partial charge in [-0.1, -0.05) is 6.07 Å². The summed E-state index contributed by atoms with van der Waals surface area (Å²) in [5.41, 5.74) is 6.10. The van der Waals surface area contributed by atoms with E-state index in [9.17, 15) is 9.59 Å². The molecule has 0 fully saturated rings. The van der Waals surface area contributed by atoms with Gasteiger partial charge in [0.1, 0.15) is 11.4 Å². The Balaban J connectivity index is 2.59. The van der Waals surface area contributed by atoms with E-state index in [-0.39, 0.29) is 12.5 Å². The van der Waals surface area contributed by atoms with E-state index in [1.165, 1.54) is 4.90 Å². The van der Waals surface area contributed by atoms with Gasteiger partial charge in [0.2, 0.25) is 0 Å². The molecule has 1 unspecified atom stereocenters. The van der Waals surface area contributed by atoms with Gasteiger partial charge in [0.05, 0.1) is 6.42 Å². The predicted molar refractivity (Wildman–Crippen MR) is 87.4 cm³/mol. The highest BCUT2D eigenvalue weighted by Crippen LogP contribution is 2.15. The van der Waals surface area contributed by atoms with Crippen molar-refractivity contribution in [3.63, 3.8) is 0 Å². The lowest BCUT2D eigenvalue weighted by atomic mass is 10.1. The van der Waals surface area contributed by atoms with Crippen molar-refractivity contribution in [1.82, 2.24) is 4.98 Å². The molecule has 0 saturated carbocycles. The molecule has 0 bridgehead atoms. The number of nitrogens with two attached hydrogens (primary N) is 1. The van der Waals surface area contributed by atoms with Crippen LogP contribution in [0.3, 0.4) is 0 Å². The molecular weight excluding hydrogens is 298 g/mol. The van der Waals surface area contributed by atoms with Gasteiger partial charge in [0.25, 0.3) is 0 Å². The Kier molecular flexibility index (Phi) is 6.50. The Morgan fingerprint density at radius 2 is 2.04 bits per heavy atom. The van der Waals surface area contributed by atoms with Crippen LogP contribution < -0.4 is 10.6 Å². The van der Waals surface area contributed by atoms with Crippen LogP contribution in [0.4, 0.5) is 10.6 Å². The normalized spacial score (nSPS) is 12.6. The topological polar surface area (TPSA) is 106 Å². The fourth-order valence-corrected chi connectivity index (χ4v) is 1.87. The summed E-state index contributed by atoms with van der Waals surface area (Å²) >= 11 is 0. The molecule has 0 radical (unpaired) electrons. The maximum atomic E-state index is 12.0. The first-order chi connectivity index (χ1) is 10.6. The largest absolute Gasteiger partial charge is 0.481 e. The van der Waals surface area contributed by atoms with Gasteiger partial charge in [-0.15, -0.1) is 0 Å². The van der Waals surface area contributed by atoms with Gasteiger partial charge in [-0.25, -0.2) is 9.78 Å². The summed E-state index contributed by atoms with van der Waals surface area (Å²) in [6.07, 6.45) is 2.34. The highest BCUT2D eigenvalue weighted by molar-refractivity contribution is 5.85. The monoisotopic (exact) mass is 323 g/mol. The molecule has 128 valence electrons. The van der Waals surface area contributed by atoms with Crippen LogP contribution in [-0.2, 0) is 16.0 Å². The van der Waals surface area contributed by atoms with Crippen molar-refractivity contribution < 1.29 is 19.4 Å². The van der Waals surface area contributed by atoms with Gasteiger partial charge in [-0.05, 0) is 45.2 Å². The number of carbonyl (C=O) groups excluding carboxylic acids is 1. The molecule has 1 atom stereocenters. The van der Waals surface area contributed by atoms with Gasteiger partial charge in [0.15, 0.2) is 0 Å². The zero-order chi connectivity index (χ0) is 17.6. The van der Waals surface area contributed by atoms with Crippen molar-refractivity contribution in [2.75, 3.05) is 11.9 Å². The van der Waals surface area contributed by atoms with E-state index in [0.717, 1.165) is 5.56 Å². The maximum Gasteiger partial charge on any atom is 0.415 e. The molecule has 23 heavy (non-hydrogen) atoms. The molecule has 1 aromatic heterocycles. The Labute approximate surface area is 136 Å². The highest BCUT2D eigenvalue weighted by Gasteiger charge is 2.21. The van der Waals surface area contributed by atoms with E-state index in [4.69, 9.17) is 15.6 Å². The number of hydrogen-bond donors (Lipinski definition) is 2. The molecule has 7 nitrogen and oxygen atoms in total. The number of aromatic nitrogens is 1. The number of pyridine rings is 1. The minimum atomic E-state index is -0.898. The lowest BCUT2D eigenvalue weighted by Crippen LogP contribution is -2.34. The molecule has 0 aliphatic heterocycles. The first-order valence-electron chi connectivity index (χ1n) is 7.47. The molecule has 1 amide bonds. The number of carboxylic acids is 1. The zero-order valence-electron chi connectivity index (χ0n) is 14.1. The van der Waals surface area contributed by atoms with Crippen LogP contribution in [0.5, 0.6) is 0 Å². The zero-order valence-corrected chi connectivity index (χ0v) is 14.1. The molecule has 1 rings (SSSR count). The average molecular weight is 323 g/mol. The van der Waals surface area contributed by atoms with Crippen molar-refractivity contribution >= 4 is 17.9 Å². The van der Waals surface area contributed by atoms with Crippen LogP contribution in [0, 0.1) is 0 Å². The standard InChI is InChI=1S/C16H25N3O4/c1-16(2,3)23-15(22)19(4)13-8-6-11(10-18-13)5-7-12(17)9-14(20)21/h6,8,10,12H,5,7,9,17H2,1-4H3,(H,20,21). The highest BCUT2D eigenvalue weighted by atomic mass is 16.6. The number of ether oxygens (including phenoxy) is 1. The molecule has 0 aromatic carbocycles. The van der Waals surface area contributed by atoms with Crippen molar-refractivity contribution in [2.45, 2.75) is 51.7 Å². The number of amides is 1. The quantitative estimate of drug-likeness (QED) is 0.831. The second-order valence-corrected chi connectivity index (χ2v) is 6.46. The molecule has 0 aliphatic carbocycles. The third-order valence-corrected chi connectivity index (χ3v) is 3.06. The number of anilines is 1. The lowest BCUT2D eigenvalue weighted by molar-refractivity contribution is -0.137. The van der Waals surface area contributed by atoms with Crippen molar-refractivity contribution in [1.29, 1.82) is 0 Å². The minimum absolute atomic E-state index is 0.0487. The summed E-state index contributed by atoms with van der Waals surface area (Å²) in [7, 11) is 1.60. The fourth-order valence-electron chi connectivity index (χ4n) is 1.87. The third-order valence-electron chi connectivity index (χ3n) is 3.06. The molecule has 3 N–H and O–H groups in total. The van der Waals surface area contributed by atoms with E-state index in [0.29, 0.717) is 18.7 Å². The summed E-state index contributed by atoms with van der Waals surface area (Å²) < 4.78 is 5.27. The smallest absolute Gasteiger partial charge is 0.415 e. The molecule has 1 heterocycles. The molecule has 0 saturated heterocycles. The summed E-state index contributed by atoms with van der Waals surface area (Å²) in [6, 6.07) is 3.19. The maximum absolute atomic E-state index is 12.0. The van der Waals surface area contributed by atoms with Crippen LogP contribution in [0.25, 0.3) is 0 Å². The van der Waals surface area contributed by atoms with Crippen LogP contribution in [0.15, 0.2) is 18.3 Å². The second kappa shape index (κ2) is 7.92. The van der Waals surface area contributed by atoms with Gasteiger partial charge in [0, 0.05) is 19.3 Å². The summed E-state index contributed by atoms with van der Waals surface area (Å²) in [5, 5.41) is 8.67. The average Bonchev–Trinajstić information content (AvgIpc) is 2.42. The minimum Gasteiger partial charge on any atom is -0.481 e. The number of aliphatic carboxylic acids is 1. The van der Waals surface area contributed by atoms with Crippen molar-refractivity contribution in [3.05, 3.63) is 23.9 Å². The Bertz CT molecular complexity index is 537. The number of aryl methyl sites for hydroxylation is 1. The van der Waals surface area contributed by atoms with Crippen molar-refractivity contribution in [2.24, 2.45) is 5.73 Å². The molecule has 7 heteroatoms. The summed E-state index contributed by atoms with van der Waals surface area (Å²) in [4.78, 5) is 28.1. The van der Waals surface area contributed by atoms with E-state index < -0.39 is 17.7 Å². The van der Waals surface area contributed by atoms with Crippen LogP contribution in [-0.4, -0.2) is 40.8 Å². The Morgan fingerprint density at radius 1 is 1.39 bits per heavy atom. The van der Waals surface area contributed by atoms with E-state index in [1.807, 2.05) is 6.07 Å². The molecule has 0 spiro atoms. The lowest BCUT2D eigenvalue weighted by Gasteiger charge is -2.24. The van der Waals surface area contributed by atoms with Crippen LogP contribution >= 0.6 is 0 Å². The Hall–Kier alpha value is -2.15. The SMILES string of the molecule is CN(C(=O)OC(C)(C)C)c1ccc(CCC(N)CC(=O)O)cn1. The summed E-state index contributed by atoms with van der Waals surface area (Å²) in [6.45, 7) is 5.40. The van der Waals surface area contributed by atoms with E-state index >= 15 is 0 Å².